The van der Waals surface area contributed by atoms with Crippen LogP contribution >= 0.6 is 0 Å². The van der Waals surface area contributed by atoms with E-state index in [1.807, 2.05) is 6.08 Å². The minimum absolute atomic E-state index is 0.117. The van der Waals surface area contributed by atoms with E-state index in [0.29, 0.717) is 18.4 Å². The smallest absolute Gasteiger partial charge is 0.0546 e. The Labute approximate surface area is 68.1 Å². The Morgan fingerprint density at radius 3 is 2.64 bits per heavy atom. The van der Waals surface area contributed by atoms with E-state index in [1.165, 1.54) is 0 Å². The summed E-state index contributed by atoms with van der Waals surface area (Å²) in [6.45, 7) is 4.40. The highest BCUT2D eigenvalue weighted by Crippen LogP contribution is 2.33. The van der Waals surface area contributed by atoms with Crippen molar-refractivity contribution in [3.05, 3.63) is 12.7 Å². The molecule has 0 aromatic rings. The predicted octanol–water partition coefficient (Wildman–Crippen LogP) is 0.908. The summed E-state index contributed by atoms with van der Waals surface area (Å²) in [5, 5.41) is 9.34. The Kier molecular flexibility index (Phi) is 3.09. The van der Waals surface area contributed by atoms with Gasteiger partial charge in [0.15, 0.2) is 0 Å². The van der Waals surface area contributed by atoms with E-state index in [1.54, 1.807) is 0 Å². The van der Waals surface area contributed by atoms with Crippen molar-refractivity contribution in [2.45, 2.75) is 25.4 Å². The van der Waals surface area contributed by atoms with E-state index in [-0.39, 0.29) is 6.10 Å². The number of nitrogens with two attached hydrogens (primary N) is 1. The highest BCUT2D eigenvalue weighted by Gasteiger charge is 2.30. The molecule has 2 nitrogen and oxygen atoms in total. The summed E-state index contributed by atoms with van der Waals surface area (Å²) < 4.78 is 0. The fourth-order valence-corrected chi connectivity index (χ4v) is 1.97. The van der Waals surface area contributed by atoms with Gasteiger partial charge >= 0.3 is 0 Å². The van der Waals surface area contributed by atoms with Crippen molar-refractivity contribution in [2.24, 2.45) is 17.6 Å². The minimum Gasteiger partial charge on any atom is -0.393 e. The van der Waals surface area contributed by atoms with Gasteiger partial charge in [0.1, 0.15) is 0 Å². The van der Waals surface area contributed by atoms with Crippen LogP contribution in [0.5, 0.6) is 0 Å². The van der Waals surface area contributed by atoms with Crippen molar-refractivity contribution >= 4 is 0 Å². The maximum absolute atomic E-state index is 9.34. The van der Waals surface area contributed by atoms with Crippen LogP contribution in [0.25, 0.3) is 0 Å². The Morgan fingerprint density at radius 2 is 2.09 bits per heavy atom. The van der Waals surface area contributed by atoms with E-state index in [0.717, 1.165) is 19.3 Å². The molecular formula is C9H17NO. The second kappa shape index (κ2) is 3.88. The van der Waals surface area contributed by atoms with Crippen LogP contribution in [0, 0.1) is 11.8 Å². The predicted molar refractivity (Wildman–Crippen MR) is 46.1 cm³/mol. The van der Waals surface area contributed by atoms with E-state index >= 15 is 0 Å². The highest BCUT2D eigenvalue weighted by atomic mass is 16.3. The number of rotatable bonds is 3. The SMILES string of the molecule is C=CC[C@H]1C[C@H](O)C[C@@H]1CN. The van der Waals surface area contributed by atoms with Gasteiger partial charge in [-0.05, 0) is 37.6 Å². The molecule has 0 spiro atoms. The monoisotopic (exact) mass is 155 g/mol. The fraction of sp³-hybridized carbons (Fsp3) is 0.778. The van der Waals surface area contributed by atoms with Gasteiger partial charge in [-0.3, -0.25) is 0 Å². The summed E-state index contributed by atoms with van der Waals surface area (Å²) in [7, 11) is 0. The lowest BCUT2D eigenvalue weighted by molar-refractivity contribution is 0.175. The molecule has 3 N–H and O–H groups in total. The lowest BCUT2D eigenvalue weighted by atomic mass is 9.93. The van der Waals surface area contributed by atoms with Crippen molar-refractivity contribution in [1.29, 1.82) is 0 Å². The molecule has 64 valence electrons. The van der Waals surface area contributed by atoms with Gasteiger partial charge < -0.3 is 10.8 Å². The molecule has 0 bridgehead atoms. The molecule has 0 aromatic carbocycles. The molecule has 0 aliphatic heterocycles. The van der Waals surface area contributed by atoms with E-state index in [9.17, 15) is 5.11 Å². The van der Waals surface area contributed by atoms with Gasteiger partial charge in [0.2, 0.25) is 0 Å². The first-order valence-electron chi connectivity index (χ1n) is 4.27. The normalized spacial score (nSPS) is 37.5. The van der Waals surface area contributed by atoms with Gasteiger partial charge in [-0.15, -0.1) is 6.58 Å². The molecule has 0 saturated heterocycles. The van der Waals surface area contributed by atoms with Crippen LogP contribution in [0.3, 0.4) is 0 Å². The Morgan fingerprint density at radius 1 is 1.45 bits per heavy atom. The zero-order valence-corrected chi connectivity index (χ0v) is 6.87. The first kappa shape index (κ1) is 8.75. The highest BCUT2D eigenvalue weighted by molar-refractivity contribution is 4.87. The summed E-state index contributed by atoms with van der Waals surface area (Å²) in [6.07, 6.45) is 4.60. The molecule has 0 aromatic heterocycles. The average Bonchev–Trinajstić information content (AvgIpc) is 2.32. The topological polar surface area (TPSA) is 46.2 Å². The maximum atomic E-state index is 9.34. The van der Waals surface area contributed by atoms with Crippen LogP contribution in [0.4, 0.5) is 0 Å². The summed E-state index contributed by atoms with van der Waals surface area (Å²) >= 11 is 0. The molecule has 3 atom stereocenters. The summed E-state index contributed by atoms with van der Waals surface area (Å²) in [4.78, 5) is 0. The number of hydrogen-bond acceptors (Lipinski definition) is 2. The number of hydrogen-bond donors (Lipinski definition) is 2. The lowest BCUT2D eigenvalue weighted by Gasteiger charge is -2.14. The molecule has 1 saturated carbocycles. The Hall–Kier alpha value is -0.340. The van der Waals surface area contributed by atoms with Gasteiger partial charge in [-0.2, -0.15) is 0 Å². The van der Waals surface area contributed by atoms with E-state index < -0.39 is 0 Å². The molecule has 11 heavy (non-hydrogen) atoms. The zero-order chi connectivity index (χ0) is 8.27. The lowest BCUT2D eigenvalue weighted by Crippen LogP contribution is -2.18. The largest absolute Gasteiger partial charge is 0.393 e. The van der Waals surface area contributed by atoms with Crippen LogP contribution in [0.15, 0.2) is 12.7 Å². The van der Waals surface area contributed by atoms with Crippen LogP contribution in [-0.2, 0) is 0 Å². The van der Waals surface area contributed by atoms with Crippen LogP contribution < -0.4 is 5.73 Å². The molecule has 0 radical (unpaired) electrons. The molecular weight excluding hydrogens is 138 g/mol. The zero-order valence-electron chi connectivity index (χ0n) is 6.87. The summed E-state index contributed by atoms with van der Waals surface area (Å²) in [6, 6.07) is 0. The minimum atomic E-state index is -0.117. The summed E-state index contributed by atoms with van der Waals surface area (Å²) in [5.41, 5.74) is 5.57. The van der Waals surface area contributed by atoms with Crippen molar-refractivity contribution in [3.8, 4) is 0 Å². The molecule has 1 aliphatic carbocycles. The third-order valence-electron chi connectivity index (χ3n) is 2.59. The number of aliphatic hydroxyl groups excluding tert-OH is 1. The molecule has 2 heteroatoms. The Bertz CT molecular complexity index is 136. The molecule has 0 heterocycles. The first-order chi connectivity index (χ1) is 5.27. The van der Waals surface area contributed by atoms with Crippen molar-refractivity contribution in [2.75, 3.05) is 6.54 Å². The second-order valence-electron chi connectivity index (χ2n) is 3.41. The van der Waals surface area contributed by atoms with Gasteiger partial charge in [0, 0.05) is 0 Å². The number of aliphatic hydroxyl groups is 1. The Balaban J connectivity index is 2.43. The van der Waals surface area contributed by atoms with Crippen molar-refractivity contribution < 1.29 is 5.11 Å². The van der Waals surface area contributed by atoms with E-state index in [4.69, 9.17) is 5.73 Å². The third-order valence-corrected chi connectivity index (χ3v) is 2.59. The standard InChI is InChI=1S/C9H17NO/c1-2-3-7-4-9(11)5-8(7)6-10/h2,7-9,11H,1,3-6,10H2/t7-,8+,9-/m0/s1. The third kappa shape index (κ3) is 2.04. The van der Waals surface area contributed by atoms with Crippen molar-refractivity contribution in [1.82, 2.24) is 0 Å². The second-order valence-corrected chi connectivity index (χ2v) is 3.41. The quantitative estimate of drug-likeness (QED) is 0.595. The van der Waals surface area contributed by atoms with Crippen LogP contribution in [-0.4, -0.2) is 17.8 Å². The van der Waals surface area contributed by atoms with Gasteiger partial charge in [-0.25, -0.2) is 0 Å². The van der Waals surface area contributed by atoms with Crippen LogP contribution in [0.2, 0.25) is 0 Å². The van der Waals surface area contributed by atoms with Gasteiger partial charge in [-0.1, -0.05) is 6.08 Å². The van der Waals surface area contributed by atoms with E-state index in [2.05, 4.69) is 6.58 Å². The molecule has 1 aliphatic rings. The molecule has 1 rings (SSSR count). The summed E-state index contributed by atoms with van der Waals surface area (Å²) in [5.74, 6) is 1.09. The van der Waals surface area contributed by atoms with Gasteiger partial charge in [0.05, 0.1) is 6.10 Å². The molecule has 1 fully saturated rings. The first-order valence-corrected chi connectivity index (χ1v) is 4.27. The fourth-order valence-electron chi connectivity index (χ4n) is 1.97. The van der Waals surface area contributed by atoms with Crippen molar-refractivity contribution in [3.63, 3.8) is 0 Å². The molecule has 0 unspecified atom stereocenters. The van der Waals surface area contributed by atoms with Crippen LogP contribution in [0.1, 0.15) is 19.3 Å². The molecule has 0 amide bonds. The maximum Gasteiger partial charge on any atom is 0.0546 e. The average molecular weight is 155 g/mol. The van der Waals surface area contributed by atoms with Gasteiger partial charge in [0.25, 0.3) is 0 Å². The number of allylic oxidation sites excluding steroid dienone is 1.